The average Bonchev–Trinajstić information content (AvgIpc) is 3.00. The lowest BCUT2D eigenvalue weighted by Gasteiger charge is -2.28. The summed E-state index contributed by atoms with van der Waals surface area (Å²) < 4.78 is 41.6. The van der Waals surface area contributed by atoms with E-state index < -0.39 is 23.5 Å². The minimum Gasteiger partial charge on any atom is -0.333 e. The molecule has 0 fully saturated rings. The smallest absolute Gasteiger partial charge is 0.224 e. The summed E-state index contributed by atoms with van der Waals surface area (Å²) in [5.41, 5.74) is 5.83. The predicted octanol–water partition coefficient (Wildman–Crippen LogP) is 1.42. The molecule has 0 radical (unpaired) electrons. The lowest BCUT2D eigenvalue weighted by Crippen LogP contribution is -2.41. The molecule has 1 aromatic heterocycles. The lowest BCUT2D eigenvalue weighted by molar-refractivity contribution is -0.133. The van der Waals surface area contributed by atoms with Gasteiger partial charge < -0.3 is 15.2 Å². The normalized spacial score (nSPS) is 14.6. The minimum absolute atomic E-state index is 0. The molecule has 0 spiro atoms. The topological polar surface area (TPSA) is 77.0 Å². The summed E-state index contributed by atoms with van der Waals surface area (Å²) >= 11 is 0. The maximum absolute atomic E-state index is 13.6. The second-order valence-corrected chi connectivity index (χ2v) is 5.78. The van der Waals surface area contributed by atoms with Crippen molar-refractivity contribution in [1.82, 2.24) is 19.7 Å². The third-order valence-electron chi connectivity index (χ3n) is 4.00. The molecular weight excluding hydrogens is 359 g/mol. The molecule has 2 aromatic rings. The third-order valence-corrected chi connectivity index (χ3v) is 4.00. The van der Waals surface area contributed by atoms with Crippen molar-refractivity contribution in [2.45, 2.75) is 32.0 Å². The van der Waals surface area contributed by atoms with Crippen molar-refractivity contribution in [3.05, 3.63) is 47.3 Å². The molecule has 2 N–H and O–H groups in total. The van der Waals surface area contributed by atoms with E-state index in [1.54, 1.807) is 11.2 Å². The van der Waals surface area contributed by atoms with E-state index in [4.69, 9.17) is 5.73 Å². The maximum atomic E-state index is 13.6. The van der Waals surface area contributed by atoms with Crippen molar-refractivity contribution >= 4 is 18.3 Å². The molecule has 1 aromatic carbocycles. The van der Waals surface area contributed by atoms with Crippen molar-refractivity contribution < 1.29 is 18.0 Å². The van der Waals surface area contributed by atoms with Gasteiger partial charge in [0.1, 0.15) is 12.1 Å². The van der Waals surface area contributed by atoms with Gasteiger partial charge in [-0.05, 0) is 18.1 Å². The minimum atomic E-state index is -1.25. The molecule has 6 nitrogen and oxygen atoms in total. The van der Waals surface area contributed by atoms with Gasteiger partial charge >= 0.3 is 0 Å². The van der Waals surface area contributed by atoms with E-state index in [-0.39, 0.29) is 36.7 Å². The summed E-state index contributed by atoms with van der Waals surface area (Å²) in [7, 11) is 0. The number of rotatable bonds is 4. The first-order valence-electron chi connectivity index (χ1n) is 7.47. The van der Waals surface area contributed by atoms with Crippen LogP contribution in [0.5, 0.6) is 0 Å². The fourth-order valence-corrected chi connectivity index (χ4v) is 2.71. The van der Waals surface area contributed by atoms with Crippen molar-refractivity contribution in [1.29, 1.82) is 0 Å². The molecule has 1 atom stereocenters. The summed E-state index contributed by atoms with van der Waals surface area (Å²) in [6.45, 7) is 1.45. The van der Waals surface area contributed by atoms with Crippen LogP contribution in [-0.4, -0.2) is 38.2 Å². The van der Waals surface area contributed by atoms with Crippen LogP contribution >= 0.6 is 12.4 Å². The zero-order valence-electron chi connectivity index (χ0n) is 13.2. The van der Waals surface area contributed by atoms with Crippen LogP contribution in [0.1, 0.15) is 17.8 Å². The number of carbonyl (C=O) groups is 1. The number of nitrogens with two attached hydrogens (primary N) is 1. The molecule has 1 aliphatic heterocycles. The number of amides is 1. The number of halogens is 4. The molecule has 3 rings (SSSR count). The summed E-state index contributed by atoms with van der Waals surface area (Å²) in [6, 6.07) is 0.561. The number of fused-ring (bicyclic) bond motifs is 1. The standard InChI is InChI=1S/C15H16F3N5O.ClH/c16-11-6-13(18)12(17)4-9(11)3-10(19)5-15(24)22-1-2-23-8-20-21-14(23)7-22;/h4,6,8,10H,1-3,5,7,19H2;1H/t10-;/m1./s1. The van der Waals surface area contributed by atoms with E-state index in [2.05, 4.69) is 10.2 Å². The van der Waals surface area contributed by atoms with Gasteiger partial charge in [-0.1, -0.05) is 0 Å². The van der Waals surface area contributed by atoms with Gasteiger partial charge in [-0.25, -0.2) is 13.2 Å². The molecule has 0 bridgehead atoms. The van der Waals surface area contributed by atoms with Crippen LogP contribution in [-0.2, 0) is 24.3 Å². The van der Waals surface area contributed by atoms with Crippen molar-refractivity contribution in [3.8, 4) is 0 Å². The van der Waals surface area contributed by atoms with Gasteiger partial charge in [0, 0.05) is 31.6 Å². The molecule has 25 heavy (non-hydrogen) atoms. The Kier molecular flexibility index (Phi) is 6.02. The Labute approximate surface area is 148 Å². The van der Waals surface area contributed by atoms with E-state index in [0.717, 1.165) is 6.07 Å². The number of benzene rings is 1. The second-order valence-electron chi connectivity index (χ2n) is 5.78. The molecule has 0 saturated carbocycles. The monoisotopic (exact) mass is 375 g/mol. The zero-order valence-corrected chi connectivity index (χ0v) is 14.0. The number of hydrogen-bond donors (Lipinski definition) is 1. The Morgan fingerprint density at radius 2 is 1.92 bits per heavy atom. The van der Waals surface area contributed by atoms with Crippen LogP contribution in [0.4, 0.5) is 13.2 Å². The third kappa shape index (κ3) is 4.29. The summed E-state index contributed by atoms with van der Waals surface area (Å²) in [5.74, 6) is -2.77. The van der Waals surface area contributed by atoms with E-state index in [1.807, 2.05) is 4.57 Å². The van der Waals surface area contributed by atoms with E-state index in [9.17, 15) is 18.0 Å². The number of hydrogen-bond acceptors (Lipinski definition) is 4. The molecule has 1 amide bonds. The highest BCUT2D eigenvalue weighted by Crippen LogP contribution is 2.17. The Hall–Kier alpha value is -2.13. The van der Waals surface area contributed by atoms with Crippen molar-refractivity contribution in [2.24, 2.45) is 5.73 Å². The predicted molar refractivity (Wildman–Crippen MR) is 85.3 cm³/mol. The van der Waals surface area contributed by atoms with Gasteiger partial charge in [0.05, 0.1) is 6.54 Å². The van der Waals surface area contributed by atoms with Gasteiger partial charge in [-0.15, -0.1) is 22.6 Å². The van der Waals surface area contributed by atoms with Crippen LogP contribution in [0.25, 0.3) is 0 Å². The highest BCUT2D eigenvalue weighted by atomic mass is 35.5. The van der Waals surface area contributed by atoms with Crippen LogP contribution < -0.4 is 5.73 Å². The van der Waals surface area contributed by atoms with Gasteiger partial charge in [0.2, 0.25) is 5.91 Å². The zero-order chi connectivity index (χ0) is 17.3. The first-order chi connectivity index (χ1) is 11.4. The number of carbonyl (C=O) groups excluding carboxylic acids is 1. The maximum Gasteiger partial charge on any atom is 0.224 e. The molecule has 0 saturated heterocycles. The Morgan fingerprint density at radius 3 is 2.68 bits per heavy atom. The van der Waals surface area contributed by atoms with Crippen molar-refractivity contribution in [3.63, 3.8) is 0 Å². The van der Waals surface area contributed by atoms with Crippen molar-refractivity contribution in [2.75, 3.05) is 6.54 Å². The van der Waals surface area contributed by atoms with Crippen LogP contribution in [0.3, 0.4) is 0 Å². The highest BCUT2D eigenvalue weighted by Gasteiger charge is 2.24. The summed E-state index contributed by atoms with van der Waals surface area (Å²) in [5, 5.41) is 7.71. The van der Waals surface area contributed by atoms with Crippen LogP contribution in [0.2, 0.25) is 0 Å². The SMILES string of the molecule is Cl.N[C@@H](CC(=O)N1CCn2cnnc2C1)Cc1cc(F)c(F)cc1F. The van der Waals surface area contributed by atoms with E-state index >= 15 is 0 Å². The molecule has 1 aliphatic rings. The number of aromatic nitrogens is 3. The fraction of sp³-hybridized carbons (Fsp3) is 0.400. The first kappa shape index (κ1) is 19.2. The van der Waals surface area contributed by atoms with Gasteiger partial charge in [-0.3, -0.25) is 4.79 Å². The molecule has 0 aliphatic carbocycles. The molecular formula is C15H17ClF3N5O. The Balaban J connectivity index is 0.00000225. The van der Waals surface area contributed by atoms with Crippen LogP contribution in [0.15, 0.2) is 18.5 Å². The highest BCUT2D eigenvalue weighted by molar-refractivity contribution is 5.85. The Morgan fingerprint density at radius 1 is 1.20 bits per heavy atom. The Bertz CT molecular complexity index is 770. The summed E-state index contributed by atoms with van der Waals surface area (Å²) in [6.07, 6.45) is 1.53. The average molecular weight is 376 g/mol. The summed E-state index contributed by atoms with van der Waals surface area (Å²) in [4.78, 5) is 13.9. The second kappa shape index (κ2) is 7.83. The fourth-order valence-electron chi connectivity index (χ4n) is 2.71. The van der Waals surface area contributed by atoms with E-state index in [0.29, 0.717) is 31.5 Å². The quantitative estimate of drug-likeness (QED) is 0.820. The molecule has 136 valence electrons. The largest absolute Gasteiger partial charge is 0.333 e. The molecule has 10 heteroatoms. The van der Waals surface area contributed by atoms with Gasteiger partial charge in [0.25, 0.3) is 0 Å². The lowest BCUT2D eigenvalue weighted by atomic mass is 10.0. The number of nitrogens with zero attached hydrogens (tertiary/aromatic N) is 4. The van der Waals surface area contributed by atoms with E-state index in [1.165, 1.54) is 0 Å². The molecule has 0 unspecified atom stereocenters. The van der Waals surface area contributed by atoms with Gasteiger partial charge in [0.15, 0.2) is 17.5 Å². The molecule has 2 heterocycles. The van der Waals surface area contributed by atoms with Crippen LogP contribution in [0, 0.1) is 17.5 Å². The first-order valence-corrected chi connectivity index (χ1v) is 7.47. The van der Waals surface area contributed by atoms with Gasteiger partial charge in [-0.2, -0.15) is 0 Å².